The summed E-state index contributed by atoms with van der Waals surface area (Å²) < 4.78 is 64.2. The lowest BCUT2D eigenvalue weighted by molar-refractivity contribution is -0.156. The highest BCUT2D eigenvalue weighted by molar-refractivity contribution is 7.87. The van der Waals surface area contributed by atoms with Crippen molar-refractivity contribution in [3.8, 4) is 0 Å². The van der Waals surface area contributed by atoms with E-state index in [9.17, 15) is 26.4 Å². The molecule has 21 heavy (non-hydrogen) atoms. The summed E-state index contributed by atoms with van der Waals surface area (Å²) in [5.74, 6) is -3.27. The van der Waals surface area contributed by atoms with Crippen LogP contribution in [0.3, 0.4) is 0 Å². The zero-order valence-electron chi connectivity index (χ0n) is 11.4. The number of carbonyl (C=O) groups excluding carboxylic acids is 1. The number of halogens is 3. The lowest BCUT2D eigenvalue weighted by Gasteiger charge is -2.21. The van der Waals surface area contributed by atoms with E-state index in [1.807, 2.05) is 0 Å². The van der Waals surface area contributed by atoms with Crippen LogP contribution in [0.15, 0.2) is 30.3 Å². The Morgan fingerprint density at radius 3 is 2.19 bits per heavy atom. The summed E-state index contributed by atoms with van der Waals surface area (Å²) in [5.41, 5.74) is -0.0950. The number of nitrogens with zero attached hydrogens (tertiary/aromatic N) is 1. The predicted octanol–water partition coefficient (Wildman–Crippen LogP) is 1.65. The molecule has 9 heteroatoms. The van der Waals surface area contributed by atoms with Gasteiger partial charge in [-0.2, -0.15) is 25.9 Å². The molecule has 1 aromatic rings. The Morgan fingerprint density at radius 2 is 1.76 bits per heavy atom. The van der Waals surface area contributed by atoms with Crippen LogP contribution >= 0.6 is 0 Å². The second-order valence-electron chi connectivity index (χ2n) is 4.52. The first-order valence-electron chi connectivity index (χ1n) is 5.89. The Bertz CT molecular complexity index is 586. The molecule has 0 fully saturated rings. The minimum absolute atomic E-state index is 0.0950. The average Bonchev–Trinajstić information content (AvgIpc) is 2.35. The van der Waals surface area contributed by atoms with Crippen LogP contribution in [0.4, 0.5) is 13.2 Å². The fourth-order valence-electron chi connectivity index (χ4n) is 1.57. The summed E-state index contributed by atoms with van der Waals surface area (Å²) in [6.45, 7) is 0. The van der Waals surface area contributed by atoms with Crippen molar-refractivity contribution < 1.29 is 26.4 Å². The first kappa shape index (κ1) is 17.4. The van der Waals surface area contributed by atoms with Gasteiger partial charge in [-0.25, -0.2) is 4.72 Å². The van der Waals surface area contributed by atoms with Crippen molar-refractivity contribution in [1.29, 1.82) is 0 Å². The van der Waals surface area contributed by atoms with Gasteiger partial charge in [-0.1, -0.05) is 30.3 Å². The number of hydrogen-bond acceptors (Lipinski definition) is 3. The number of rotatable bonds is 5. The quantitative estimate of drug-likeness (QED) is 0.895. The maximum atomic E-state index is 13.0. The third kappa shape index (κ3) is 5.01. The molecule has 0 aliphatic carbocycles. The second kappa shape index (κ2) is 6.44. The maximum absolute atomic E-state index is 13.0. The third-order valence-corrected chi connectivity index (χ3v) is 4.16. The zero-order valence-corrected chi connectivity index (χ0v) is 12.2. The van der Waals surface area contributed by atoms with Crippen molar-refractivity contribution in [3.05, 3.63) is 35.9 Å². The van der Waals surface area contributed by atoms with Crippen molar-refractivity contribution in [2.75, 3.05) is 14.1 Å². The Morgan fingerprint density at radius 1 is 1.24 bits per heavy atom. The number of nitrogens with one attached hydrogen (secondary N) is 1. The van der Waals surface area contributed by atoms with Crippen molar-refractivity contribution in [2.24, 2.45) is 0 Å². The van der Waals surface area contributed by atoms with Crippen LogP contribution < -0.4 is 4.72 Å². The van der Waals surface area contributed by atoms with Crippen LogP contribution in [0, 0.1) is 0 Å². The van der Waals surface area contributed by atoms with Crippen molar-refractivity contribution in [1.82, 2.24) is 9.03 Å². The zero-order chi connectivity index (χ0) is 16.3. The number of carbonyl (C=O) groups is 1. The van der Waals surface area contributed by atoms with Gasteiger partial charge in [0.2, 0.25) is 5.91 Å². The first-order valence-corrected chi connectivity index (χ1v) is 7.33. The summed E-state index contributed by atoms with van der Waals surface area (Å²) in [5, 5.41) is 0. The Hall–Kier alpha value is -1.61. The lowest BCUT2D eigenvalue weighted by atomic mass is 9.95. The minimum Gasteiger partial charge on any atom is -0.274 e. The monoisotopic (exact) mass is 324 g/mol. The van der Waals surface area contributed by atoms with Gasteiger partial charge >= 0.3 is 16.4 Å². The van der Waals surface area contributed by atoms with E-state index in [1.165, 1.54) is 24.3 Å². The van der Waals surface area contributed by atoms with Crippen molar-refractivity contribution in [3.63, 3.8) is 0 Å². The van der Waals surface area contributed by atoms with Gasteiger partial charge in [-0.05, 0) is 5.56 Å². The molecule has 0 aliphatic rings. The molecule has 1 rings (SSSR count). The molecule has 0 bridgehead atoms. The Kier molecular flexibility index (Phi) is 5.35. The molecule has 118 valence electrons. The molecular weight excluding hydrogens is 309 g/mol. The molecule has 0 spiro atoms. The molecule has 0 saturated carbocycles. The van der Waals surface area contributed by atoms with Crippen LogP contribution in [-0.4, -0.2) is 38.9 Å². The van der Waals surface area contributed by atoms with E-state index in [0.29, 0.717) is 4.31 Å². The lowest BCUT2D eigenvalue weighted by Crippen LogP contribution is -2.40. The van der Waals surface area contributed by atoms with Crippen LogP contribution in [0.1, 0.15) is 17.9 Å². The fourth-order valence-corrected chi connectivity index (χ4v) is 2.12. The number of benzene rings is 1. The molecule has 0 saturated heterocycles. The van der Waals surface area contributed by atoms with Gasteiger partial charge in [-0.15, -0.1) is 0 Å². The standard InChI is InChI=1S/C12H15F3N2O3S/c1-17(2)21(19,20)16-11(18)8-10(12(13,14)15)9-6-4-3-5-7-9/h3-7,10H,8H2,1-2H3,(H,16,18). The molecular formula is C12H15F3N2O3S. The smallest absolute Gasteiger partial charge is 0.274 e. The van der Waals surface area contributed by atoms with Crippen LogP contribution in [0.5, 0.6) is 0 Å². The van der Waals surface area contributed by atoms with Crippen LogP contribution in [0.2, 0.25) is 0 Å². The Labute approximate surface area is 120 Å². The fraction of sp³-hybridized carbons (Fsp3) is 0.417. The van der Waals surface area contributed by atoms with Crippen molar-refractivity contribution in [2.45, 2.75) is 18.5 Å². The number of amides is 1. The predicted molar refractivity (Wildman–Crippen MR) is 70.6 cm³/mol. The van der Waals surface area contributed by atoms with E-state index < -0.39 is 34.6 Å². The maximum Gasteiger partial charge on any atom is 0.396 e. The highest BCUT2D eigenvalue weighted by atomic mass is 32.2. The molecule has 0 aliphatic heterocycles. The first-order chi connectivity index (χ1) is 9.54. The van der Waals surface area contributed by atoms with E-state index in [1.54, 1.807) is 10.8 Å². The molecule has 1 N–H and O–H groups in total. The Balaban J connectivity index is 2.92. The van der Waals surface area contributed by atoms with Crippen LogP contribution in [0.25, 0.3) is 0 Å². The molecule has 1 amide bonds. The van der Waals surface area contributed by atoms with Gasteiger partial charge in [0, 0.05) is 20.5 Å². The van der Waals surface area contributed by atoms with Gasteiger partial charge in [0.1, 0.15) is 0 Å². The topological polar surface area (TPSA) is 66.5 Å². The molecule has 5 nitrogen and oxygen atoms in total. The second-order valence-corrected chi connectivity index (χ2v) is 6.41. The largest absolute Gasteiger partial charge is 0.396 e. The molecule has 0 radical (unpaired) electrons. The summed E-state index contributed by atoms with van der Waals surface area (Å²) in [7, 11) is -1.78. The normalized spacial score (nSPS) is 14.0. The van der Waals surface area contributed by atoms with Gasteiger partial charge in [0.05, 0.1) is 5.92 Å². The summed E-state index contributed by atoms with van der Waals surface area (Å²) in [6.07, 6.45) is -5.65. The van der Waals surface area contributed by atoms with Gasteiger partial charge in [-0.3, -0.25) is 4.79 Å². The van der Waals surface area contributed by atoms with E-state index in [2.05, 4.69) is 0 Å². The SMILES string of the molecule is CN(C)S(=O)(=O)NC(=O)CC(c1ccccc1)C(F)(F)F. The van der Waals surface area contributed by atoms with E-state index in [-0.39, 0.29) is 5.56 Å². The number of alkyl halides is 3. The summed E-state index contributed by atoms with van der Waals surface area (Å²) in [4.78, 5) is 11.6. The highest BCUT2D eigenvalue weighted by Gasteiger charge is 2.42. The van der Waals surface area contributed by atoms with E-state index in [0.717, 1.165) is 14.1 Å². The molecule has 1 atom stereocenters. The van der Waals surface area contributed by atoms with Gasteiger partial charge in [0.15, 0.2) is 0 Å². The molecule has 0 heterocycles. The van der Waals surface area contributed by atoms with E-state index in [4.69, 9.17) is 0 Å². The van der Waals surface area contributed by atoms with Gasteiger partial charge in [0.25, 0.3) is 0 Å². The minimum atomic E-state index is -4.65. The third-order valence-electron chi connectivity index (χ3n) is 2.71. The summed E-state index contributed by atoms with van der Waals surface area (Å²) >= 11 is 0. The molecule has 1 aromatic carbocycles. The van der Waals surface area contributed by atoms with Gasteiger partial charge < -0.3 is 0 Å². The number of hydrogen-bond donors (Lipinski definition) is 1. The van der Waals surface area contributed by atoms with Crippen molar-refractivity contribution >= 4 is 16.1 Å². The highest BCUT2D eigenvalue weighted by Crippen LogP contribution is 2.37. The van der Waals surface area contributed by atoms with E-state index >= 15 is 0 Å². The molecule has 1 unspecified atom stereocenters. The summed E-state index contributed by atoms with van der Waals surface area (Å²) in [6, 6.07) is 6.87. The molecule has 0 aromatic heterocycles. The van der Waals surface area contributed by atoms with Crippen LogP contribution in [-0.2, 0) is 15.0 Å². The average molecular weight is 324 g/mol.